The van der Waals surface area contributed by atoms with Crippen LogP contribution in [0.4, 0.5) is 0 Å². The molecule has 1 rings (SSSR count). The Morgan fingerprint density at radius 3 is 2.67 bits per heavy atom. The van der Waals surface area contributed by atoms with Gasteiger partial charge in [-0.15, -0.1) is 0 Å². The first-order valence-corrected chi connectivity index (χ1v) is 1.29. The Kier molecular flexibility index (Phi) is 3.82. The molecular formula is C2H5CaN3. The maximum Gasteiger partial charge on any atom is 2.00 e. The molecule has 1 aromatic rings. The van der Waals surface area contributed by atoms with Gasteiger partial charge in [0, 0.05) is 0 Å². The molecule has 0 aliphatic rings. The van der Waals surface area contributed by atoms with Gasteiger partial charge >= 0.3 is 37.7 Å². The van der Waals surface area contributed by atoms with Crippen molar-refractivity contribution in [2.45, 2.75) is 0 Å². The molecule has 6 heavy (non-hydrogen) atoms. The predicted molar refractivity (Wildman–Crippen MR) is 24.4 cm³/mol. The van der Waals surface area contributed by atoms with Crippen molar-refractivity contribution in [1.29, 1.82) is 0 Å². The Labute approximate surface area is 68.1 Å². The average molecular weight is 111 g/mol. The zero-order chi connectivity index (χ0) is 3.54. The molecule has 0 unspecified atom stereocenters. The van der Waals surface area contributed by atoms with Gasteiger partial charge in [-0.05, 0) is 0 Å². The van der Waals surface area contributed by atoms with Gasteiger partial charge in [0.05, 0.1) is 0 Å². The number of nitrogens with one attached hydrogen (secondary N) is 1. The molecule has 0 saturated carbocycles. The van der Waals surface area contributed by atoms with Crippen molar-refractivity contribution in [3.05, 3.63) is 12.7 Å². The van der Waals surface area contributed by atoms with Crippen LogP contribution in [0.2, 0.25) is 0 Å². The molecule has 1 heterocycles. The number of rotatable bonds is 0. The maximum atomic E-state index is 3.56. The van der Waals surface area contributed by atoms with E-state index in [1.807, 2.05) is 0 Å². The topological polar surface area (TPSA) is 41.6 Å². The van der Waals surface area contributed by atoms with Crippen molar-refractivity contribution >= 4 is 37.7 Å². The molecule has 0 spiro atoms. The standard InChI is InChI=1S/C2H3N3.Ca.2H/c1-3-2-5-4-1;;;/h1-2H,(H,3,4,5);;;/q;+2;2*-1. The van der Waals surface area contributed by atoms with E-state index in [4.69, 9.17) is 0 Å². The van der Waals surface area contributed by atoms with E-state index in [0.29, 0.717) is 0 Å². The van der Waals surface area contributed by atoms with Crippen molar-refractivity contribution in [1.82, 2.24) is 15.2 Å². The van der Waals surface area contributed by atoms with E-state index < -0.39 is 0 Å². The van der Waals surface area contributed by atoms with Crippen molar-refractivity contribution < 1.29 is 2.85 Å². The van der Waals surface area contributed by atoms with Gasteiger partial charge in [0.25, 0.3) is 0 Å². The number of hydrogen-bond donors (Lipinski definition) is 1. The summed E-state index contributed by atoms with van der Waals surface area (Å²) in [5, 5.41) is 5.99. The molecule has 0 amide bonds. The van der Waals surface area contributed by atoms with Gasteiger partial charge in [-0.2, -0.15) is 5.10 Å². The minimum absolute atomic E-state index is 0. The summed E-state index contributed by atoms with van der Waals surface area (Å²) in [6.07, 6.45) is 2.96. The molecule has 30 valence electrons. The van der Waals surface area contributed by atoms with Gasteiger partial charge in [-0.25, -0.2) is 4.98 Å². The normalized spacial score (nSPS) is 6.67. The summed E-state index contributed by atoms with van der Waals surface area (Å²) in [6.45, 7) is 0. The largest absolute Gasteiger partial charge is 2.00 e. The van der Waals surface area contributed by atoms with Crippen LogP contribution in [0, 0.1) is 0 Å². The van der Waals surface area contributed by atoms with E-state index in [9.17, 15) is 0 Å². The van der Waals surface area contributed by atoms with Gasteiger partial charge in [-0.1, -0.05) is 0 Å². The van der Waals surface area contributed by atoms with Crippen LogP contribution in [-0.2, 0) is 0 Å². The second-order valence-corrected chi connectivity index (χ2v) is 0.652. The molecule has 0 aromatic carbocycles. The number of hydrogen-bond acceptors (Lipinski definition) is 2. The van der Waals surface area contributed by atoms with E-state index in [1.54, 1.807) is 0 Å². The van der Waals surface area contributed by atoms with Crippen LogP contribution in [-0.4, -0.2) is 52.9 Å². The molecule has 3 nitrogen and oxygen atoms in total. The SMILES string of the molecule is [Ca+2].[H-].[H-].c1nc[nH]n1. The van der Waals surface area contributed by atoms with E-state index >= 15 is 0 Å². The van der Waals surface area contributed by atoms with E-state index in [2.05, 4.69) is 15.2 Å². The molecule has 0 saturated heterocycles. The van der Waals surface area contributed by atoms with Crippen molar-refractivity contribution in [3.8, 4) is 0 Å². The van der Waals surface area contributed by atoms with Crippen LogP contribution in [0.1, 0.15) is 2.85 Å². The monoisotopic (exact) mass is 111 g/mol. The third-order valence-electron chi connectivity index (χ3n) is 0.331. The van der Waals surface area contributed by atoms with Gasteiger partial charge < -0.3 is 2.85 Å². The quantitative estimate of drug-likeness (QED) is 0.465. The minimum atomic E-state index is 0. The van der Waals surface area contributed by atoms with Gasteiger partial charge in [-0.3, -0.25) is 5.10 Å². The van der Waals surface area contributed by atoms with Crippen molar-refractivity contribution in [2.75, 3.05) is 0 Å². The zero-order valence-corrected chi connectivity index (χ0v) is 5.46. The number of aromatic amines is 1. The Balaban J connectivity index is -0.0000000833. The summed E-state index contributed by atoms with van der Waals surface area (Å²) in [4.78, 5) is 3.56. The summed E-state index contributed by atoms with van der Waals surface area (Å²) >= 11 is 0. The molecule has 0 aliphatic carbocycles. The van der Waals surface area contributed by atoms with Crippen LogP contribution in [0.15, 0.2) is 12.7 Å². The second-order valence-electron chi connectivity index (χ2n) is 0.652. The first-order chi connectivity index (χ1) is 2.50. The third kappa shape index (κ3) is 1.74. The summed E-state index contributed by atoms with van der Waals surface area (Å²) in [7, 11) is 0. The maximum absolute atomic E-state index is 3.56. The average Bonchev–Trinajstić information content (AvgIpc) is 1.76. The molecular weight excluding hydrogens is 106 g/mol. The summed E-state index contributed by atoms with van der Waals surface area (Å²) in [6, 6.07) is 0. The fraction of sp³-hybridized carbons (Fsp3) is 0. The Hall–Kier alpha value is 0.400. The van der Waals surface area contributed by atoms with Gasteiger partial charge in [0.15, 0.2) is 0 Å². The fourth-order valence-corrected chi connectivity index (χ4v) is 0.167. The van der Waals surface area contributed by atoms with E-state index in [1.165, 1.54) is 12.7 Å². The summed E-state index contributed by atoms with van der Waals surface area (Å²) in [5.41, 5.74) is 0. The summed E-state index contributed by atoms with van der Waals surface area (Å²) in [5.74, 6) is 0. The third-order valence-corrected chi connectivity index (χ3v) is 0.331. The van der Waals surface area contributed by atoms with Crippen LogP contribution in [0.5, 0.6) is 0 Å². The van der Waals surface area contributed by atoms with Crippen molar-refractivity contribution in [3.63, 3.8) is 0 Å². The summed E-state index contributed by atoms with van der Waals surface area (Å²) < 4.78 is 0. The first kappa shape index (κ1) is 6.40. The molecule has 0 atom stereocenters. The number of nitrogens with zero attached hydrogens (tertiary/aromatic N) is 2. The van der Waals surface area contributed by atoms with Crippen molar-refractivity contribution in [2.24, 2.45) is 0 Å². The van der Waals surface area contributed by atoms with E-state index in [-0.39, 0.29) is 40.6 Å². The minimum Gasteiger partial charge on any atom is -1.00 e. The van der Waals surface area contributed by atoms with Gasteiger partial charge in [0.1, 0.15) is 12.7 Å². The molecule has 0 fully saturated rings. The van der Waals surface area contributed by atoms with E-state index in [0.717, 1.165) is 0 Å². The molecule has 0 aliphatic heterocycles. The zero-order valence-electron chi connectivity index (χ0n) is 5.26. The number of H-pyrrole nitrogens is 1. The van der Waals surface area contributed by atoms with Crippen LogP contribution < -0.4 is 0 Å². The smallest absolute Gasteiger partial charge is 1.00 e. The van der Waals surface area contributed by atoms with Crippen LogP contribution in [0.3, 0.4) is 0 Å². The Morgan fingerprint density at radius 2 is 2.50 bits per heavy atom. The second kappa shape index (κ2) is 3.58. The van der Waals surface area contributed by atoms with Crippen LogP contribution >= 0.6 is 0 Å². The molecule has 0 bridgehead atoms. The molecule has 4 heteroatoms. The molecule has 1 aromatic heterocycles. The van der Waals surface area contributed by atoms with Crippen LogP contribution in [0.25, 0.3) is 0 Å². The number of aromatic nitrogens is 3. The molecule has 0 radical (unpaired) electrons. The van der Waals surface area contributed by atoms with Gasteiger partial charge in [0.2, 0.25) is 0 Å². The molecule has 1 N–H and O–H groups in total. The Morgan fingerprint density at radius 1 is 1.67 bits per heavy atom. The Bertz CT molecular complexity index is 71.8. The first-order valence-electron chi connectivity index (χ1n) is 1.29. The predicted octanol–water partition coefficient (Wildman–Crippen LogP) is -0.351. The fourth-order valence-electron chi connectivity index (χ4n) is 0.167.